The highest BCUT2D eigenvalue weighted by molar-refractivity contribution is 5.86. The van der Waals surface area contributed by atoms with E-state index in [0.717, 1.165) is 54.2 Å². The summed E-state index contributed by atoms with van der Waals surface area (Å²) in [4.78, 5) is 2.51. The van der Waals surface area contributed by atoms with Crippen LogP contribution < -0.4 is 14.2 Å². The van der Waals surface area contributed by atoms with Crippen LogP contribution in [0.1, 0.15) is 28.3 Å². The molecular weight excluding hydrogens is 344 g/mol. The molecule has 0 aliphatic carbocycles. The van der Waals surface area contributed by atoms with Crippen molar-refractivity contribution in [1.29, 1.82) is 0 Å². The van der Waals surface area contributed by atoms with Gasteiger partial charge in [-0.05, 0) is 36.1 Å². The summed E-state index contributed by atoms with van der Waals surface area (Å²) in [6.07, 6.45) is 1.89. The first kappa shape index (κ1) is 16.4. The van der Waals surface area contributed by atoms with Gasteiger partial charge in [0.15, 0.2) is 17.0 Å². The molecular formula is C20H22N4O3. The number of nitrogens with one attached hydrogen (secondary N) is 1. The lowest BCUT2D eigenvalue weighted by Gasteiger charge is -2.42. The van der Waals surface area contributed by atoms with E-state index in [9.17, 15) is 0 Å². The average Bonchev–Trinajstić information content (AvgIpc) is 3.20. The van der Waals surface area contributed by atoms with Crippen LogP contribution in [0.5, 0.6) is 17.2 Å². The predicted molar refractivity (Wildman–Crippen MR) is 101 cm³/mol. The van der Waals surface area contributed by atoms with E-state index < -0.39 is 0 Å². The number of ether oxygens (including phenoxy) is 3. The monoisotopic (exact) mass is 366 g/mol. The van der Waals surface area contributed by atoms with Crippen molar-refractivity contribution in [1.82, 2.24) is 20.3 Å². The Bertz CT molecular complexity index is 1030. The molecule has 1 atom stereocenters. The van der Waals surface area contributed by atoms with E-state index >= 15 is 0 Å². The molecule has 1 aromatic heterocycles. The molecule has 0 radical (unpaired) electrons. The summed E-state index contributed by atoms with van der Waals surface area (Å²) < 4.78 is 16.7. The van der Waals surface area contributed by atoms with E-state index in [0.29, 0.717) is 0 Å². The summed E-state index contributed by atoms with van der Waals surface area (Å²) in [6.45, 7) is 1.84. The maximum Gasteiger partial charge on any atom is 0.165 e. The molecule has 5 rings (SSSR count). The van der Waals surface area contributed by atoms with E-state index in [1.165, 1.54) is 22.3 Å². The lowest BCUT2D eigenvalue weighted by molar-refractivity contribution is 0.159. The van der Waals surface area contributed by atoms with Gasteiger partial charge in [0.1, 0.15) is 5.75 Å². The number of rotatable bonds is 3. The summed E-state index contributed by atoms with van der Waals surface area (Å²) >= 11 is 0. The average molecular weight is 366 g/mol. The lowest BCUT2D eigenvalue weighted by atomic mass is 9.83. The fraction of sp³-hybridized carbons (Fsp3) is 0.400. The van der Waals surface area contributed by atoms with E-state index in [2.05, 4.69) is 32.4 Å². The maximum absolute atomic E-state index is 5.68. The van der Waals surface area contributed by atoms with Crippen LogP contribution in [0.4, 0.5) is 0 Å². The molecule has 7 heteroatoms. The van der Waals surface area contributed by atoms with E-state index in [1.54, 1.807) is 21.3 Å². The van der Waals surface area contributed by atoms with Crippen molar-refractivity contribution < 1.29 is 14.2 Å². The van der Waals surface area contributed by atoms with Gasteiger partial charge in [-0.3, -0.25) is 10.00 Å². The molecule has 2 aliphatic heterocycles. The second-order valence-electron chi connectivity index (χ2n) is 7.07. The number of hydrogen-bond donors (Lipinski definition) is 1. The molecule has 7 nitrogen and oxygen atoms in total. The minimum absolute atomic E-state index is 0.287. The third kappa shape index (κ3) is 2.31. The van der Waals surface area contributed by atoms with Gasteiger partial charge in [0.25, 0.3) is 0 Å². The molecule has 0 fully saturated rings. The summed E-state index contributed by atoms with van der Waals surface area (Å²) in [7, 11) is 5.08. The van der Waals surface area contributed by atoms with Gasteiger partial charge in [0.05, 0.1) is 26.8 Å². The first-order valence-electron chi connectivity index (χ1n) is 9.12. The van der Waals surface area contributed by atoms with Crippen LogP contribution in [0.2, 0.25) is 0 Å². The van der Waals surface area contributed by atoms with Crippen LogP contribution >= 0.6 is 0 Å². The normalized spacial score (nSPS) is 18.6. The highest BCUT2D eigenvalue weighted by atomic mass is 16.5. The molecule has 3 heterocycles. The molecule has 0 amide bonds. The second-order valence-corrected chi connectivity index (χ2v) is 7.07. The Balaban J connectivity index is 1.65. The largest absolute Gasteiger partial charge is 0.494 e. The minimum Gasteiger partial charge on any atom is -0.494 e. The SMILES string of the molecule is COc1ccc2c(c1OC)CN1CCc3cc(OC)c4nn[nH]c4c3C1C2. The minimum atomic E-state index is 0.287. The Morgan fingerprint density at radius 1 is 1.07 bits per heavy atom. The van der Waals surface area contributed by atoms with Crippen LogP contribution in [0.15, 0.2) is 18.2 Å². The van der Waals surface area contributed by atoms with Crippen molar-refractivity contribution in [3.63, 3.8) is 0 Å². The number of H-pyrrole nitrogens is 1. The van der Waals surface area contributed by atoms with Gasteiger partial charge in [-0.2, -0.15) is 0 Å². The van der Waals surface area contributed by atoms with Crippen molar-refractivity contribution in [3.8, 4) is 17.2 Å². The molecule has 1 N–H and O–H groups in total. The van der Waals surface area contributed by atoms with Gasteiger partial charge in [0, 0.05) is 30.3 Å². The molecule has 2 aliphatic rings. The first-order valence-corrected chi connectivity index (χ1v) is 9.12. The van der Waals surface area contributed by atoms with Crippen LogP contribution in [0, 0.1) is 0 Å². The van der Waals surface area contributed by atoms with Crippen molar-refractivity contribution in [3.05, 3.63) is 40.5 Å². The Morgan fingerprint density at radius 3 is 2.70 bits per heavy atom. The second kappa shape index (κ2) is 6.13. The number of aromatic amines is 1. The quantitative estimate of drug-likeness (QED) is 0.768. The number of methoxy groups -OCH3 is 3. The van der Waals surface area contributed by atoms with Crippen LogP contribution in [0.25, 0.3) is 11.0 Å². The summed E-state index contributed by atoms with van der Waals surface area (Å²) in [5.41, 5.74) is 6.93. The van der Waals surface area contributed by atoms with Crippen LogP contribution in [-0.4, -0.2) is 48.2 Å². The van der Waals surface area contributed by atoms with E-state index in [4.69, 9.17) is 14.2 Å². The molecule has 0 spiro atoms. The zero-order chi connectivity index (χ0) is 18.5. The zero-order valence-corrected chi connectivity index (χ0v) is 15.7. The van der Waals surface area contributed by atoms with Gasteiger partial charge in [-0.25, -0.2) is 0 Å². The molecule has 27 heavy (non-hydrogen) atoms. The molecule has 140 valence electrons. The van der Waals surface area contributed by atoms with E-state index in [1.807, 2.05) is 6.07 Å². The topological polar surface area (TPSA) is 72.5 Å². The third-order valence-electron chi connectivity index (χ3n) is 5.88. The Hall–Kier alpha value is -2.80. The van der Waals surface area contributed by atoms with E-state index in [-0.39, 0.29) is 6.04 Å². The van der Waals surface area contributed by atoms with Crippen molar-refractivity contribution in [2.24, 2.45) is 0 Å². The van der Waals surface area contributed by atoms with Crippen LogP contribution in [0.3, 0.4) is 0 Å². The summed E-state index contributed by atoms with van der Waals surface area (Å²) in [5, 5.41) is 11.4. The van der Waals surface area contributed by atoms with Gasteiger partial charge >= 0.3 is 0 Å². The fourth-order valence-electron chi connectivity index (χ4n) is 4.63. The van der Waals surface area contributed by atoms with Crippen molar-refractivity contribution >= 4 is 11.0 Å². The number of hydrogen-bond acceptors (Lipinski definition) is 6. The Labute approximate surface area is 157 Å². The molecule has 1 unspecified atom stereocenters. The van der Waals surface area contributed by atoms with Gasteiger partial charge in [0.2, 0.25) is 0 Å². The smallest absolute Gasteiger partial charge is 0.165 e. The predicted octanol–water partition coefficient (Wildman–Crippen LogP) is 2.64. The standard InChI is InChI=1S/C20H22N4O3/c1-25-15-5-4-11-8-14-17-12(6-7-24(14)10-13(11)20(15)27-3)9-16(26-2)18-19(17)22-23-21-18/h4-5,9,14H,6-8,10H2,1-3H3,(H,21,22,23). The third-order valence-corrected chi connectivity index (χ3v) is 5.88. The van der Waals surface area contributed by atoms with Gasteiger partial charge in [-0.1, -0.05) is 11.3 Å². The molecule has 0 saturated carbocycles. The van der Waals surface area contributed by atoms with Crippen molar-refractivity contribution in [2.75, 3.05) is 27.9 Å². The molecule has 3 aromatic rings. The highest BCUT2D eigenvalue weighted by Crippen LogP contribution is 2.46. The lowest BCUT2D eigenvalue weighted by Crippen LogP contribution is -2.39. The zero-order valence-electron chi connectivity index (χ0n) is 15.7. The molecule has 0 saturated heterocycles. The number of nitrogens with zero attached hydrogens (tertiary/aromatic N) is 3. The van der Waals surface area contributed by atoms with Gasteiger partial charge in [-0.15, -0.1) is 5.10 Å². The van der Waals surface area contributed by atoms with Crippen molar-refractivity contribution in [2.45, 2.75) is 25.4 Å². The Kier molecular flexibility index (Phi) is 3.72. The fourth-order valence-corrected chi connectivity index (χ4v) is 4.63. The number of fused-ring (bicyclic) bond motifs is 6. The maximum atomic E-state index is 5.68. The van der Waals surface area contributed by atoms with Gasteiger partial charge < -0.3 is 14.2 Å². The summed E-state index contributed by atoms with van der Waals surface area (Å²) in [6, 6.07) is 6.57. The Morgan fingerprint density at radius 2 is 1.93 bits per heavy atom. The number of benzene rings is 2. The highest BCUT2D eigenvalue weighted by Gasteiger charge is 2.36. The number of aromatic nitrogens is 3. The first-order chi connectivity index (χ1) is 13.2. The molecule has 2 aromatic carbocycles. The summed E-state index contributed by atoms with van der Waals surface area (Å²) in [5.74, 6) is 2.42. The molecule has 0 bridgehead atoms. The van der Waals surface area contributed by atoms with Crippen LogP contribution in [-0.2, 0) is 19.4 Å².